The molecule has 0 radical (unpaired) electrons. The molecular weight excluding hydrogens is 1980 g/mol. The maximum absolute atomic E-state index is 13.1. The Balaban J connectivity index is 0.000000164. The Morgan fingerprint density at radius 3 is 1.05 bits per heavy atom. The fourth-order valence-electron chi connectivity index (χ4n) is 14.0. The van der Waals surface area contributed by atoms with Gasteiger partial charge in [0.05, 0.1) is 57.9 Å². The Morgan fingerprint density at radius 1 is 0.367 bits per heavy atom. The number of rotatable bonds is 25. The first kappa shape index (κ1) is 110. The van der Waals surface area contributed by atoms with E-state index in [1.165, 1.54) is 147 Å². The number of benzene rings is 6. The predicted molar refractivity (Wildman–Crippen MR) is 511 cm³/mol. The number of morpholine rings is 1. The highest BCUT2D eigenvalue weighted by atomic mass is 35.5. The first-order valence-electron chi connectivity index (χ1n) is 44.5. The summed E-state index contributed by atoms with van der Waals surface area (Å²) >= 11 is 5.77. The molecule has 3 aliphatic rings. The fraction of sp³-hybridized carbons (Fsp3) is 0.263. The van der Waals surface area contributed by atoms with E-state index in [4.69, 9.17) is 16.3 Å². The van der Waals surface area contributed by atoms with Crippen molar-refractivity contribution in [2.24, 2.45) is 0 Å². The van der Waals surface area contributed by atoms with Gasteiger partial charge in [-0.05, 0) is 172 Å². The molecule has 772 valence electrons. The molecule has 36 nitrogen and oxygen atoms in total. The second-order valence-electron chi connectivity index (χ2n) is 32.6. The van der Waals surface area contributed by atoms with Gasteiger partial charge in [-0.15, -0.1) is 25.5 Å². The summed E-state index contributed by atoms with van der Waals surface area (Å²) in [6.45, 7) is 20.4. The second kappa shape index (κ2) is 50.4. The van der Waals surface area contributed by atoms with Crippen molar-refractivity contribution in [2.75, 3.05) is 96.1 Å². The molecule has 0 saturated carbocycles. The molecule has 5 amide bonds. The number of alkyl halides is 15. The van der Waals surface area contributed by atoms with E-state index in [0.717, 1.165) is 113 Å². The van der Waals surface area contributed by atoms with Gasteiger partial charge in [-0.2, -0.15) is 65.9 Å². The molecule has 0 aliphatic carbocycles. The summed E-state index contributed by atoms with van der Waals surface area (Å²) in [6, 6.07) is 30.5. The number of carbonyl (C=O) groups is 5. The lowest BCUT2D eigenvalue weighted by Gasteiger charge is -2.34. The lowest BCUT2D eigenvalue weighted by Crippen LogP contribution is -2.53. The number of aromatic nitrogens is 18. The minimum absolute atomic E-state index is 0.0537. The van der Waals surface area contributed by atoms with Crippen LogP contribution in [0.3, 0.4) is 0 Å². The normalized spacial score (nSPS) is 14.3. The van der Waals surface area contributed by atoms with Gasteiger partial charge in [0, 0.05) is 186 Å². The van der Waals surface area contributed by atoms with Crippen LogP contribution in [0.2, 0.25) is 5.02 Å². The lowest BCUT2D eigenvalue weighted by atomic mass is 10.1. The smallest absolute Gasteiger partial charge is 0.379 e. The van der Waals surface area contributed by atoms with Crippen molar-refractivity contribution >= 4 is 83.6 Å². The Kier molecular flexibility index (Phi) is 37.6. The number of halogens is 16. The number of nitrogens with zero attached hydrogens (tertiary/aromatic N) is 23. The number of likely N-dealkylation sites (N-methyl/N-ethyl adjacent to an activating group) is 1. The summed E-state index contributed by atoms with van der Waals surface area (Å²) in [5, 5.41) is 25.6. The molecule has 3 fully saturated rings. The Bertz CT molecular complexity index is 6780. The number of piperazine rings is 2. The number of hydrogen-bond acceptors (Lipinski definition) is 26. The number of hydrogen-bond donors (Lipinski definition) is 7. The van der Waals surface area contributed by atoms with E-state index in [1.54, 1.807) is 81.5 Å². The summed E-state index contributed by atoms with van der Waals surface area (Å²) in [7, 11) is 0. The van der Waals surface area contributed by atoms with Gasteiger partial charge in [-0.25, -0.2) is 68.3 Å². The number of ether oxygens (including phenoxy) is 1. The highest BCUT2D eigenvalue weighted by Gasteiger charge is 2.37. The van der Waals surface area contributed by atoms with Crippen molar-refractivity contribution in [3.63, 3.8) is 0 Å². The molecule has 7 aromatic heterocycles. The predicted octanol–water partition coefficient (Wildman–Crippen LogP) is 14.7. The van der Waals surface area contributed by atoms with E-state index in [9.17, 15) is 89.8 Å². The number of hydrazine groups is 5. The zero-order chi connectivity index (χ0) is 106. The molecule has 10 heterocycles. The van der Waals surface area contributed by atoms with Crippen LogP contribution < -0.4 is 38.0 Å². The van der Waals surface area contributed by atoms with E-state index in [1.807, 2.05) is 28.2 Å². The van der Waals surface area contributed by atoms with Gasteiger partial charge in [0.15, 0.2) is 34.9 Å². The molecule has 147 heavy (non-hydrogen) atoms. The third kappa shape index (κ3) is 34.6. The van der Waals surface area contributed by atoms with Crippen LogP contribution in [-0.4, -0.2) is 228 Å². The van der Waals surface area contributed by atoms with Crippen molar-refractivity contribution in [1.29, 1.82) is 0 Å². The van der Waals surface area contributed by atoms with Crippen LogP contribution in [0.4, 0.5) is 77.4 Å². The Morgan fingerprint density at radius 2 is 0.707 bits per heavy atom. The van der Waals surface area contributed by atoms with Gasteiger partial charge < -0.3 is 9.64 Å². The minimum Gasteiger partial charge on any atom is -0.379 e. The van der Waals surface area contributed by atoms with Crippen molar-refractivity contribution < 1.29 is 94.6 Å². The van der Waals surface area contributed by atoms with Crippen LogP contribution in [0, 0.1) is 34.6 Å². The van der Waals surface area contributed by atoms with Crippen LogP contribution >= 0.6 is 11.6 Å². The van der Waals surface area contributed by atoms with Crippen LogP contribution in [0.15, 0.2) is 220 Å². The van der Waals surface area contributed by atoms with E-state index in [0.29, 0.717) is 73.2 Å². The van der Waals surface area contributed by atoms with Crippen LogP contribution in [-0.2, 0) is 66.1 Å². The molecule has 0 atom stereocenters. The summed E-state index contributed by atoms with van der Waals surface area (Å²) in [4.78, 5) is 96.2. The quantitative estimate of drug-likeness (QED) is 0.0159. The molecule has 0 bridgehead atoms. The summed E-state index contributed by atoms with van der Waals surface area (Å²) in [6.07, 6.45) is 4.71. The number of pyridine rings is 1. The van der Waals surface area contributed by atoms with Gasteiger partial charge in [-0.3, -0.25) is 76.8 Å². The largest absolute Gasteiger partial charge is 0.417 e. The number of anilines is 2. The molecule has 13 aromatic rings. The van der Waals surface area contributed by atoms with E-state index < -0.39 is 70.5 Å². The third-order valence-electron chi connectivity index (χ3n) is 21.0. The summed E-state index contributed by atoms with van der Waals surface area (Å²) in [5.74, 6) is -0.980. The maximum atomic E-state index is 13.1. The topological polar surface area (TPSA) is 387 Å². The molecule has 6 aromatic carbocycles. The first-order chi connectivity index (χ1) is 69.9. The molecule has 0 unspecified atom stereocenters. The summed E-state index contributed by atoms with van der Waals surface area (Å²) in [5.41, 5.74) is 19.6. The Labute approximate surface area is 833 Å². The second-order valence-corrected chi connectivity index (χ2v) is 32.9. The zero-order valence-corrected chi connectivity index (χ0v) is 79.6. The average Bonchev–Trinajstić information content (AvgIpc) is 1.75. The monoisotopic (exact) mass is 2070 g/mol. The van der Waals surface area contributed by atoms with E-state index in [2.05, 4.69) is 132 Å². The highest BCUT2D eigenvalue weighted by Crippen LogP contribution is 2.41. The highest BCUT2D eigenvalue weighted by molar-refractivity contribution is 6.32. The van der Waals surface area contributed by atoms with Crippen molar-refractivity contribution in [1.82, 2.24) is 141 Å². The van der Waals surface area contributed by atoms with Gasteiger partial charge >= 0.3 is 30.9 Å². The molecule has 16 rings (SSSR count). The maximum Gasteiger partial charge on any atom is 0.417 e. The van der Waals surface area contributed by atoms with Gasteiger partial charge in [0.2, 0.25) is 0 Å². The lowest BCUT2D eigenvalue weighted by molar-refractivity contribution is -0.138. The van der Waals surface area contributed by atoms with Gasteiger partial charge in [-0.1, -0.05) is 48.9 Å². The van der Waals surface area contributed by atoms with E-state index >= 15 is 0 Å². The molecule has 7 N–H and O–H groups in total. The SMILES string of the molecule is CCN1CCN(NC(=O)/C=C\n2cnc(-c3cc(C)cc(C(F)(F)F)c3)n2)CC1.Cc1cc(-c2ncn(/C=C\C(=O)NN3CCN(Cc4ccccc4)CC3)n2)cc(C(F)(F)F)c1.Cc1cc(-c2ncn(/C=C\C(=O)NN3CCOCC3)n2)cc(C(F)(F)F)c1.Cc1cc(-c2ncn(/C=C\C(=O)NNc3ccncc3)n2)cc(C(F)(F)F)c1.Cc1cc(-c2ncn(/C=C\C(=O)NNc3cnccn3)n2)cc(C(F)(F)F)c1Cl. The van der Waals surface area contributed by atoms with Gasteiger partial charge in [0.25, 0.3) is 29.5 Å². The zero-order valence-electron chi connectivity index (χ0n) is 78.9. The summed E-state index contributed by atoms with van der Waals surface area (Å²) < 4.78 is 207. The fourth-order valence-corrected chi connectivity index (χ4v) is 14.2. The Hall–Kier alpha value is -16.1. The number of aryl methyl sites for hydroxylation is 5. The standard InChI is InChI=1S/C24H25F3N6O.C19H23F3N6O.C18H15F3N6O.C17H13ClF3N7O.C17H18F3N5O2/c1-18-13-20(15-21(14-18)24(25,26)27)23-28-17-33(30-23)8-7-22(34)29-32-11-9-31(10-12-32)16-19-5-3-2-4-6-19;1-3-26-6-8-27(9-7-26)24-17(29)4-5-28-13-23-18(25-28)15-10-14(2)11-16(12-15)19(20,21)22;1-12-8-13(10-14(9-12)18(19,20)21)17-23-11-27(26-17)7-4-16(28)25-24-15-2-5-22-6-3-15;1-10-6-11(7-12(15(10)18)17(19,20)21)16-24-9-28(27-16)5-2-14(29)26-25-13-8-22-3-4-23-13;1-12-8-13(10-14(9-12)17(18,19)20)16-21-11-25(23-16)3-2-15(26)22-24-4-6-27-7-5-24/h2-8,13-15,17H,9-12,16H2,1H3,(H,29,34);4-5,10-13H,3,6-9H2,1-2H3,(H,24,29);2-11H,1H3,(H,22,24)(H,25,28);2-9H,1H3,(H,23,25)(H,26,29);2-3,8-11H,4-7H2,1H3,(H,22,26)/b8-7-;5-4-;7-4-;5-2-;3-2-. The van der Waals surface area contributed by atoms with Crippen LogP contribution in [0.25, 0.3) is 87.9 Å². The number of nitrogens with one attached hydrogen (secondary N) is 7. The minimum atomic E-state index is -4.60. The molecule has 3 aliphatic heterocycles. The third-order valence-corrected chi connectivity index (χ3v) is 21.6. The van der Waals surface area contributed by atoms with Crippen molar-refractivity contribution in [3.05, 3.63) is 287 Å². The molecule has 52 heteroatoms. The van der Waals surface area contributed by atoms with Crippen LogP contribution in [0.1, 0.15) is 68.1 Å². The number of carbonyl (C=O) groups excluding carboxylic acids is 5. The average molecular weight is 2070 g/mol. The first-order valence-corrected chi connectivity index (χ1v) is 44.9. The van der Waals surface area contributed by atoms with E-state index in [-0.39, 0.29) is 85.2 Å². The van der Waals surface area contributed by atoms with Gasteiger partial charge in [0.1, 0.15) is 31.6 Å². The number of amides is 5. The van der Waals surface area contributed by atoms with Crippen molar-refractivity contribution in [2.45, 2.75) is 79.0 Å². The molecular formula is C95H94ClF15N30O6. The van der Waals surface area contributed by atoms with Crippen LogP contribution in [0.5, 0.6) is 0 Å². The molecule has 3 saturated heterocycles. The van der Waals surface area contributed by atoms with Crippen molar-refractivity contribution in [3.8, 4) is 56.9 Å². The molecule has 0 spiro atoms.